The minimum Gasteiger partial charge on any atom is -0.324 e. The Morgan fingerprint density at radius 2 is 1.78 bits per heavy atom. The van der Waals surface area contributed by atoms with Crippen molar-refractivity contribution in [3.63, 3.8) is 0 Å². The number of amides is 2. The molecule has 0 radical (unpaired) electrons. The quantitative estimate of drug-likeness (QED) is 0.931. The van der Waals surface area contributed by atoms with Gasteiger partial charge in [-0.05, 0) is 37.2 Å². The van der Waals surface area contributed by atoms with E-state index in [-0.39, 0.29) is 6.03 Å². The largest absolute Gasteiger partial charge is 0.324 e. The first kappa shape index (κ1) is 14.6. The van der Waals surface area contributed by atoms with Crippen LogP contribution in [0.25, 0.3) is 0 Å². The van der Waals surface area contributed by atoms with Crippen LogP contribution < -0.4 is 5.32 Å². The van der Waals surface area contributed by atoms with Gasteiger partial charge in [0.15, 0.2) is 0 Å². The molecule has 4 rings (SSSR count). The van der Waals surface area contributed by atoms with Gasteiger partial charge in [-0.25, -0.2) is 4.79 Å². The maximum Gasteiger partial charge on any atom is 0.323 e. The zero-order valence-corrected chi connectivity index (χ0v) is 13.8. The molecule has 2 aliphatic rings. The fourth-order valence-corrected chi connectivity index (χ4v) is 3.99. The van der Waals surface area contributed by atoms with E-state index in [0.717, 1.165) is 30.9 Å². The molecule has 23 heavy (non-hydrogen) atoms. The van der Waals surface area contributed by atoms with Gasteiger partial charge in [-0.1, -0.05) is 41.7 Å². The van der Waals surface area contributed by atoms with Gasteiger partial charge in [0.1, 0.15) is 5.01 Å². The van der Waals surface area contributed by atoms with E-state index < -0.39 is 0 Å². The summed E-state index contributed by atoms with van der Waals surface area (Å²) >= 11 is 1.51. The second-order valence-electron chi connectivity index (χ2n) is 6.32. The summed E-state index contributed by atoms with van der Waals surface area (Å²) in [6, 6.07) is 10.5. The number of carbonyl (C=O) groups is 1. The van der Waals surface area contributed by atoms with Crippen LogP contribution in [0.1, 0.15) is 48.1 Å². The summed E-state index contributed by atoms with van der Waals surface area (Å²) in [6.07, 6.45) is 4.44. The van der Waals surface area contributed by atoms with E-state index in [0.29, 0.717) is 17.0 Å². The lowest BCUT2D eigenvalue weighted by Gasteiger charge is -2.31. The highest BCUT2D eigenvalue weighted by molar-refractivity contribution is 7.15. The van der Waals surface area contributed by atoms with Crippen molar-refractivity contribution in [1.29, 1.82) is 0 Å². The molecule has 2 amide bonds. The molecule has 6 heteroatoms. The molecule has 0 atom stereocenters. The Morgan fingerprint density at radius 1 is 1.04 bits per heavy atom. The van der Waals surface area contributed by atoms with Crippen LogP contribution in [0.3, 0.4) is 0 Å². The summed E-state index contributed by atoms with van der Waals surface area (Å²) in [5.74, 6) is 1.14. The number of nitrogens with one attached hydrogen (secondary N) is 1. The number of hydrogen-bond donors (Lipinski definition) is 1. The molecular weight excluding hydrogens is 308 g/mol. The Morgan fingerprint density at radius 3 is 2.48 bits per heavy atom. The van der Waals surface area contributed by atoms with Crippen LogP contribution in [0, 0.1) is 0 Å². The number of likely N-dealkylation sites (tertiary alicyclic amines) is 1. The Balaban J connectivity index is 1.31. The maximum absolute atomic E-state index is 12.4. The lowest BCUT2D eigenvalue weighted by molar-refractivity contribution is 0.194. The molecule has 1 aromatic carbocycles. The van der Waals surface area contributed by atoms with Crippen LogP contribution in [-0.4, -0.2) is 34.2 Å². The monoisotopic (exact) mass is 328 g/mol. The summed E-state index contributed by atoms with van der Waals surface area (Å²) in [6.45, 7) is 1.58. The van der Waals surface area contributed by atoms with Gasteiger partial charge in [-0.3, -0.25) is 5.32 Å². The molecule has 5 nitrogen and oxygen atoms in total. The van der Waals surface area contributed by atoms with E-state index in [1.807, 2.05) is 11.0 Å². The van der Waals surface area contributed by atoms with E-state index in [1.165, 1.54) is 29.7 Å². The van der Waals surface area contributed by atoms with Gasteiger partial charge in [-0.15, -0.1) is 10.2 Å². The van der Waals surface area contributed by atoms with Gasteiger partial charge >= 0.3 is 6.03 Å². The van der Waals surface area contributed by atoms with Crippen molar-refractivity contribution in [1.82, 2.24) is 15.1 Å². The lowest BCUT2D eigenvalue weighted by Crippen LogP contribution is -2.40. The van der Waals surface area contributed by atoms with Crippen molar-refractivity contribution < 1.29 is 4.79 Å². The fraction of sp³-hybridized carbons (Fsp3) is 0.471. The van der Waals surface area contributed by atoms with E-state index in [4.69, 9.17) is 0 Å². The van der Waals surface area contributed by atoms with Crippen molar-refractivity contribution in [2.24, 2.45) is 0 Å². The van der Waals surface area contributed by atoms with Crippen molar-refractivity contribution >= 4 is 22.5 Å². The van der Waals surface area contributed by atoms with Gasteiger partial charge in [0.25, 0.3) is 0 Å². The number of benzene rings is 1. The minimum atomic E-state index is -0.0463. The Kier molecular flexibility index (Phi) is 3.99. The Hall–Kier alpha value is -1.95. The van der Waals surface area contributed by atoms with E-state index >= 15 is 0 Å². The second kappa shape index (κ2) is 6.28. The van der Waals surface area contributed by atoms with Crippen molar-refractivity contribution in [3.05, 3.63) is 40.9 Å². The highest BCUT2D eigenvalue weighted by Crippen LogP contribution is 2.42. The smallest absolute Gasteiger partial charge is 0.323 e. The predicted molar refractivity (Wildman–Crippen MR) is 90.9 cm³/mol. The Bertz CT molecular complexity index is 675. The molecule has 0 spiro atoms. The number of piperidine rings is 1. The first-order valence-electron chi connectivity index (χ1n) is 8.24. The number of anilines is 1. The van der Waals surface area contributed by atoms with Crippen LogP contribution in [0.4, 0.5) is 9.93 Å². The molecule has 2 aromatic rings. The van der Waals surface area contributed by atoms with Crippen LogP contribution in [0.2, 0.25) is 0 Å². The molecule has 1 aliphatic heterocycles. The molecular formula is C17H20N4OS. The number of carbonyl (C=O) groups excluding carboxylic acids is 1. The van der Waals surface area contributed by atoms with Crippen LogP contribution in [0.5, 0.6) is 0 Å². The van der Waals surface area contributed by atoms with Crippen LogP contribution >= 0.6 is 11.3 Å². The zero-order chi connectivity index (χ0) is 15.6. The first-order chi connectivity index (χ1) is 11.3. The summed E-state index contributed by atoms with van der Waals surface area (Å²) in [4.78, 5) is 14.2. The number of aromatic nitrogens is 2. The number of urea groups is 1. The minimum absolute atomic E-state index is 0.0463. The molecule has 2 fully saturated rings. The van der Waals surface area contributed by atoms with Gasteiger partial charge in [0.2, 0.25) is 5.13 Å². The van der Waals surface area contributed by atoms with Gasteiger partial charge < -0.3 is 4.90 Å². The molecule has 0 bridgehead atoms. The molecule has 0 unspecified atom stereocenters. The molecule has 1 saturated carbocycles. The maximum atomic E-state index is 12.4. The van der Waals surface area contributed by atoms with E-state index in [2.05, 4.69) is 39.8 Å². The normalized spacial score (nSPS) is 18.9. The third-order valence-electron chi connectivity index (χ3n) is 4.63. The Labute approximate surface area is 139 Å². The van der Waals surface area contributed by atoms with Gasteiger partial charge in [0, 0.05) is 19.0 Å². The SMILES string of the molecule is O=C(Nc1nnc(C2CC2)s1)N1CCC(c2ccccc2)CC1. The average molecular weight is 328 g/mol. The third-order valence-corrected chi connectivity index (χ3v) is 5.64. The summed E-state index contributed by atoms with van der Waals surface area (Å²) in [7, 11) is 0. The lowest BCUT2D eigenvalue weighted by atomic mass is 9.90. The zero-order valence-electron chi connectivity index (χ0n) is 12.9. The molecule has 1 N–H and O–H groups in total. The van der Waals surface area contributed by atoms with Crippen molar-refractivity contribution in [2.45, 2.75) is 37.5 Å². The second-order valence-corrected chi connectivity index (χ2v) is 7.33. The summed E-state index contributed by atoms with van der Waals surface area (Å²) in [5, 5.41) is 12.8. The fourth-order valence-electron chi connectivity index (χ4n) is 3.09. The molecule has 1 aromatic heterocycles. The number of hydrogen-bond acceptors (Lipinski definition) is 4. The average Bonchev–Trinajstić information content (AvgIpc) is 3.36. The third kappa shape index (κ3) is 3.37. The molecule has 120 valence electrons. The highest BCUT2D eigenvalue weighted by atomic mass is 32.1. The van der Waals surface area contributed by atoms with E-state index in [9.17, 15) is 4.79 Å². The first-order valence-corrected chi connectivity index (χ1v) is 9.05. The van der Waals surface area contributed by atoms with Crippen molar-refractivity contribution in [2.75, 3.05) is 18.4 Å². The van der Waals surface area contributed by atoms with E-state index in [1.54, 1.807) is 0 Å². The van der Waals surface area contributed by atoms with Crippen LogP contribution in [-0.2, 0) is 0 Å². The van der Waals surface area contributed by atoms with Crippen LogP contribution in [0.15, 0.2) is 30.3 Å². The number of rotatable bonds is 3. The molecule has 1 aliphatic carbocycles. The van der Waals surface area contributed by atoms with Gasteiger partial charge in [0.05, 0.1) is 0 Å². The van der Waals surface area contributed by atoms with Crippen molar-refractivity contribution in [3.8, 4) is 0 Å². The summed E-state index contributed by atoms with van der Waals surface area (Å²) < 4.78 is 0. The number of nitrogens with zero attached hydrogens (tertiary/aromatic N) is 3. The standard InChI is InChI=1S/C17H20N4OS/c22-17(18-16-20-19-15(23-16)14-6-7-14)21-10-8-13(9-11-21)12-4-2-1-3-5-12/h1-5,13-14H,6-11H2,(H,18,20,22). The molecule has 2 heterocycles. The topological polar surface area (TPSA) is 58.1 Å². The summed E-state index contributed by atoms with van der Waals surface area (Å²) in [5.41, 5.74) is 1.38. The predicted octanol–water partition coefficient (Wildman–Crippen LogP) is 3.83. The highest BCUT2D eigenvalue weighted by Gasteiger charge is 2.28. The molecule has 1 saturated heterocycles. The van der Waals surface area contributed by atoms with Gasteiger partial charge in [-0.2, -0.15) is 0 Å².